The van der Waals surface area contributed by atoms with Gasteiger partial charge >= 0.3 is 6.03 Å². The smallest absolute Gasteiger partial charge is 0.323 e. The second kappa shape index (κ2) is 10.6. The number of benzene rings is 1. The molecule has 10 heteroatoms. The zero-order chi connectivity index (χ0) is 26.0. The molecular weight excluding hydrogens is 466 g/mol. The Bertz CT molecular complexity index is 1290. The number of aromatic amines is 1. The van der Waals surface area contributed by atoms with Crippen molar-refractivity contribution in [2.45, 2.75) is 46.2 Å². The molecule has 0 spiro atoms. The Balaban J connectivity index is 1.66. The molecule has 1 unspecified atom stereocenters. The Hall–Kier alpha value is -3.53. The average Bonchev–Trinajstić information content (AvgIpc) is 3.26. The van der Waals surface area contributed by atoms with Crippen LogP contribution in [0.4, 0.5) is 19.5 Å². The molecule has 36 heavy (non-hydrogen) atoms. The van der Waals surface area contributed by atoms with Crippen LogP contribution in [0.25, 0.3) is 22.5 Å². The standard InChI is InChI=1S/C26H32F2N6O2/c1-5-17(4)32-10-12-33(13-11-32)26(36)31-25-29-23(18-6-9-22(35)34(15-18)16(2)3)24(30-25)20-8-7-19(27)14-21(20)28/h6-9,14-17H,5,10-13H2,1-4H3,(H2,29,30,31,36). The fraction of sp³-hybridized carbons (Fsp3) is 0.423. The number of urea groups is 1. The summed E-state index contributed by atoms with van der Waals surface area (Å²) in [4.78, 5) is 36.9. The predicted molar refractivity (Wildman–Crippen MR) is 136 cm³/mol. The number of anilines is 1. The third-order valence-electron chi connectivity index (χ3n) is 6.71. The normalized spacial score (nSPS) is 15.4. The second-order valence-electron chi connectivity index (χ2n) is 9.40. The van der Waals surface area contributed by atoms with Gasteiger partial charge in [0.25, 0.3) is 5.56 Å². The lowest BCUT2D eigenvalue weighted by atomic mass is 10.1. The third-order valence-corrected chi connectivity index (χ3v) is 6.71. The number of halogens is 2. The maximum Gasteiger partial charge on any atom is 0.324 e. The van der Waals surface area contributed by atoms with Crippen molar-refractivity contribution < 1.29 is 13.6 Å². The second-order valence-corrected chi connectivity index (χ2v) is 9.40. The highest BCUT2D eigenvalue weighted by molar-refractivity contribution is 5.89. The fourth-order valence-electron chi connectivity index (χ4n) is 4.38. The highest BCUT2D eigenvalue weighted by Crippen LogP contribution is 2.33. The van der Waals surface area contributed by atoms with E-state index in [0.29, 0.717) is 30.4 Å². The zero-order valence-electron chi connectivity index (χ0n) is 21.0. The summed E-state index contributed by atoms with van der Waals surface area (Å²) < 4.78 is 29.9. The van der Waals surface area contributed by atoms with Crippen LogP contribution in [-0.2, 0) is 0 Å². The van der Waals surface area contributed by atoms with Crippen molar-refractivity contribution in [1.29, 1.82) is 0 Å². The Labute approximate surface area is 209 Å². The highest BCUT2D eigenvalue weighted by Gasteiger charge is 2.25. The summed E-state index contributed by atoms with van der Waals surface area (Å²) >= 11 is 0. The molecule has 192 valence electrons. The minimum atomic E-state index is -0.779. The largest absolute Gasteiger partial charge is 0.324 e. The Kier molecular flexibility index (Phi) is 7.53. The number of hydrogen-bond donors (Lipinski definition) is 2. The van der Waals surface area contributed by atoms with Crippen molar-refractivity contribution in [2.75, 3.05) is 31.5 Å². The summed E-state index contributed by atoms with van der Waals surface area (Å²) in [5, 5.41) is 2.79. The van der Waals surface area contributed by atoms with Gasteiger partial charge in [0.15, 0.2) is 0 Å². The Morgan fingerprint density at radius 2 is 1.83 bits per heavy atom. The molecule has 3 aromatic rings. The molecule has 2 aromatic heterocycles. The van der Waals surface area contributed by atoms with Gasteiger partial charge in [-0.1, -0.05) is 6.92 Å². The van der Waals surface area contributed by atoms with Gasteiger partial charge in [-0.05, 0) is 45.4 Å². The van der Waals surface area contributed by atoms with E-state index in [1.807, 2.05) is 13.8 Å². The van der Waals surface area contributed by atoms with Crippen LogP contribution in [0.3, 0.4) is 0 Å². The van der Waals surface area contributed by atoms with Crippen LogP contribution in [0.1, 0.15) is 40.2 Å². The van der Waals surface area contributed by atoms with Gasteiger partial charge in [0.2, 0.25) is 5.95 Å². The van der Waals surface area contributed by atoms with Crippen LogP contribution >= 0.6 is 0 Å². The predicted octanol–water partition coefficient (Wildman–Crippen LogP) is 4.71. The number of H-pyrrole nitrogens is 1. The van der Waals surface area contributed by atoms with Gasteiger partial charge in [-0.25, -0.2) is 18.6 Å². The lowest BCUT2D eigenvalue weighted by Crippen LogP contribution is -2.52. The van der Waals surface area contributed by atoms with Crippen LogP contribution in [0, 0.1) is 11.6 Å². The van der Waals surface area contributed by atoms with Crippen LogP contribution in [-0.4, -0.2) is 62.6 Å². The number of imidazole rings is 1. The first-order chi connectivity index (χ1) is 17.2. The van der Waals surface area contributed by atoms with Crippen LogP contribution < -0.4 is 10.9 Å². The number of rotatable bonds is 6. The molecule has 1 saturated heterocycles. The summed E-state index contributed by atoms with van der Waals surface area (Å²) in [7, 11) is 0. The van der Waals surface area contributed by atoms with Gasteiger partial charge in [-0.3, -0.25) is 15.0 Å². The molecular formula is C26H32F2N6O2. The van der Waals surface area contributed by atoms with E-state index in [4.69, 9.17) is 0 Å². The lowest BCUT2D eigenvalue weighted by Gasteiger charge is -2.37. The van der Waals surface area contributed by atoms with Gasteiger partial charge in [0, 0.05) is 67.7 Å². The molecule has 1 aliphatic rings. The lowest BCUT2D eigenvalue weighted by molar-refractivity contribution is 0.117. The van der Waals surface area contributed by atoms with Crippen molar-refractivity contribution in [1.82, 2.24) is 24.3 Å². The quantitative estimate of drug-likeness (QED) is 0.515. The number of hydrogen-bond acceptors (Lipinski definition) is 4. The molecule has 4 rings (SSSR count). The molecule has 1 aromatic carbocycles. The van der Waals surface area contributed by atoms with Gasteiger partial charge in [0.1, 0.15) is 17.3 Å². The van der Waals surface area contributed by atoms with E-state index in [-0.39, 0.29) is 34.8 Å². The zero-order valence-corrected chi connectivity index (χ0v) is 21.0. The van der Waals surface area contributed by atoms with Gasteiger partial charge < -0.3 is 14.5 Å². The van der Waals surface area contributed by atoms with E-state index in [1.165, 1.54) is 12.1 Å². The maximum atomic E-state index is 14.7. The van der Waals surface area contributed by atoms with Crippen molar-refractivity contribution in [3.05, 3.63) is 58.5 Å². The molecule has 2 N–H and O–H groups in total. The number of amides is 2. The van der Waals surface area contributed by atoms with Crippen LogP contribution in [0.5, 0.6) is 0 Å². The molecule has 0 saturated carbocycles. The van der Waals surface area contributed by atoms with Crippen LogP contribution in [0.15, 0.2) is 41.3 Å². The first kappa shape index (κ1) is 25.6. The Morgan fingerprint density at radius 3 is 2.47 bits per heavy atom. The minimum absolute atomic E-state index is 0.0765. The molecule has 0 radical (unpaired) electrons. The van der Waals surface area contributed by atoms with Gasteiger partial charge in [-0.15, -0.1) is 0 Å². The van der Waals surface area contributed by atoms with E-state index in [2.05, 4.69) is 34.0 Å². The van der Waals surface area contributed by atoms with E-state index >= 15 is 0 Å². The van der Waals surface area contributed by atoms with E-state index in [9.17, 15) is 18.4 Å². The third kappa shape index (κ3) is 5.33. The van der Waals surface area contributed by atoms with Gasteiger partial charge in [0.05, 0.1) is 5.69 Å². The van der Waals surface area contributed by atoms with Crippen molar-refractivity contribution in [3.8, 4) is 22.5 Å². The number of nitrogens with zero attached hydrogens (tertiary/aromatic N) is 4. The summed E-state index contributed by atoms with van der Waals surface area (Å²) in [6.45, 7) is 10.8. The number of carbonyl (C=O) groups is 1. The summed E-state index contributed by atoms with van der Waals surface area (Å²) in [5.41, 5.74) is 1.10. The van der Waals surface area contributed by atoms with E-state index in [1.54, 1.807) is 21.7 Å². The number of pyridine rings is 1. The average molecular weight is 499 g/mol. The topological polar surface area (TPSA) is 86.3 Å². The molecule has 1 fully saturated rings. The first-order valence-corrected chi connectivity index (χ1v) is 12.3. The van der Waals surface area contributed by atoms with Crippen molar-refractivity contribution >= 4 is 12.0 Å². The summed E-state index contributed by atoms with van der Waals surface area (Å²) in [6.07, 6.45) is 2.71. The van der Waals surface area contributed by atoms with Crippen molar-refractivity contribution in [2.24, 2.45) is 0 Å². The maximum absolute atomic E-state index is 14.7. The van der Waals surface area contributed by atoms with E-state index < -0.39 is 11.6 Å². The highest BCUT2D eigenvalue weighted by atomic mass is 19.1. The first-order valence-electron chi connectivity index (χ1n) is 12.3. The number of carbonyl (C=O) groups excluding carboxylic acids is 1. The number of nitrogens with one attached hydrogen (secondary N) is 2. The number of aromatic nitrogens is 3. The SMILES string of the molecule is CCC(C)N1CCN(C(=O)Nc2nc(-c3ccc(F)cc3F)c(-c3ccc(=O)n(C(C)C)c3)[nH]2)CC1. The molecule has 0 aliphatic carbocycles. The minimum Gasteiger partial charge on any atom is -0.323 e. The van der Waals surface area contributed by atoms with Gasteiger partial charge in [-0.2, -0.15) is 0 Å². The monoisotopic (exact) mass is 498 g/mol. The molecule has 0 bridgehead atoms. The van der Waals surface area contributed by atoms with E-state index in [0.717, 1.165) is 31.6 Å². The number of piperazine rings is 1. The molecule has 1 aliphatic heterocycles. The molecule has 8 nitrogen and oxygen atoms in total. The molecule has 1 atom stereocenters. The summed E-state index contributed by atoms with van der Waals surface area (Å²) in [5.74, 6) is -1.34. The fourth-order valence-corrected chi connectivity index (χ4v) is 4.38. The molecule has 3 heterocycles. The Morgan fingerprint density at radius 1 is 1.11 bits per heavy atom. The van der Waals surface area contributed by atoms with Crippen LogP contribution in [0.2, 0.25) is 0 Å². The molecule has 2 amide bonds. The summed E-state index contributed by atoms with van der Waals surface area (Å²) in [6, 6.07) is 6.35. The van der Waals surface area contributed by atoms with Crippen molar-refractivity contribution in [3.63, 3.8) is 0 Å².